The maximum atomic E-state index is 10.9. The van der Waals surface area contributed by atoms with Crippen LogP contribution in [0.2, 0.25) is 0 Å². The van der Waals surface area contributed by atoms with Crippen molar-refractivity contribution in [1.82, 2.24) is 0 Å². The molecule has 15 heavy (non-hydrogen) atoms. The van der Waals surface area contributed by atoms with Crippen LogP contribution in [-0.2, 0) is 15.0 Å². The van der Waals surface area contributed by atoms with Crippen LogP contribution in [0.1, 0.15) is 16.0 Å². The number of halogens is 1. The molecule has 0 amide bonds. The van der Waals surface area contributed by atoms with E-state index < -0.39 is 5.97 Å². The predicted molar refractivity (Wildman–Crippen MR) is 62.9 cm³/mol. The summed E-state index contributed by atoms with van der Waals surface area (Å²) in [6.07, 6.45) is 0. The average Bonchev–Trinajstić information content (AvgIpc) is 2.55. The number of thiophene rings is 1. The second kappa shape index (κ2) is 5.27. The average molecular weight is 292 g/mol. The first-order valence-corrected chi connectivity index (χ1v) is 6.09. The van der Waals surface area contributed by atoms with Crippen molar-refractivity contribution >= 4 is 38.9 Å². The van der Waals surface area contributed by atoms with Gasteiger partial charge < -0.3 is 9.94 Å². The summed E-state index contributed by atoms with van der Waals surface area (Å²) >= 11 is 4.68. The molecule has 1 aromatic rings. The highest BCUT2D eigenvalue weighted by atomic mass is 79.9. The van der Waals surface area contributed by atoms with Gasteiger partial charge in [-0.25, -0.2) is 4.79 Å². The van der Waals surface area contributed by atoms with E-state index in [1.165, 1.54) is 18.4 Å². The number of carboxylic acid groups (broad SMARTS) is 1. The lowest BCUT2D eigenvalue weighted by Gasteiger charge is -2.01. The molecular weight excluding hydrogens is 282 g/mol. The Hall–Kier alpha value is -0.880. The first kappa shape index (κ1) is 12.2. The van der Waals surface area contributed by atoms with Crippen LogP contribution in [0.4, 0.5) is 0 Å². The Labute approximate surface area is 99.7 Å². The Kier molecular flexibility index (Phi) is 4.28. The number of oxime groups is 1. The molecule has 1 aromatic heterocycles. The molecule has 0 saturated heterocycles. The molecule has 6 heteroatoms. The summed E-state index contributed by atoms with van der Waals surface area (Å²) in [4.78, 5) is 16.1. The summed E-state index contributed by atoms with van der Waals surface area (Å²) in [6.45, 7) is 1.93. The monoisotopic (exact) mass is 291 g/mol. The van der Waals surface area contributed by atoms with Crippen LogP contribution in [0.25, 0.3) is 0 Å². The number of aryl methyl sites for hydroxylation is 1. The molecule has 1 rings (SSSR count). The summed E-state index contributed by atoms with van der Waals surface area (Å²) < 4.78 is 0. The van der Waals surface area contributed by atoms with Crippen LogP contribution in [-0.4, -0.2) is 23.9 Å². The van der Waals surface area contributed by atoms with Crippen molar-refractivity contribution in [2.45, 2.75) is 12.3 Å². The van der Waals surface area contributed by atoms with Crippen molar-refractivity contribution in [2.24, 2.45) is 5.16 Å². The Morgan fingerprint density at radius 2 is 2.40 bits per heavy atom. The summed E-state index contributed by atoms with van der Waals surface area (Å²) in [7, 11) is 1.33. The molecule has 0 saturated carbocycles. The summed E-state index contributed by atoms with van der Waals surface area (Å²) in [5.74, 6) is -1.08. The molecule has 0 aliphatic carbocycles. The summed E-state index contributed by atoms with van der Waals surface area (Å²) in [6, 6.07) is 0. The second-order valence-corrected chi connectivity index (χ2v) is 4.23. The van der Waals surface area contributed by atoms with Gasteiger partial charge in [0.15, 0.2) is 0 Å². The lowest BCUT2D eigenvalue weighted by molar-refractivity contribution is -0.129. The minimum atomic E-state index is -1.08. The van der Waals surface area contributed by atoms with Gasteiger partial charge in [0.2, 0.25) is 5.71 Å². The Balaban J connectivity index is 3.23. The fourth-order valence-corrected chi connectivity index (χ4v) is 3.06. The summed E-state index contributed by atoms with van der Waals surface area (Å²) in [5, 5.41) is 15.0. The molecule has 0 aliphatic rings. The third-order valence-corrected chi connectivity index (χ3v) is 3.55. The van der Waals surface area contributed by atoms with E-state index in [1.807, 2.05) is 12.3 Å². The molecule has 0 fully saturated rings. The molecule has 0 radical (unpaired) electrons. The number of hydrogen-bond acceptors (Lipinski definition) is 4. The number of alkyl halides is 1. The van der Waals surface area contributed by atoms with Gasteiger partial charge in [-0.1, -0.05) is 21.1 Å². The van der Waals surface area contributed by atoms with Crippen molar-refractivity contribution in [2.75, 3.05) is 7.11 Å². The van der Waals surface area contributed by atoms with E-state index in [9.17, 15) is 4.79 Å². The highest BCUT2D eigenvalue weighted by molar-refractivity contribution is 9.08. The predicted octanol–water partition coefficient (Wildman–Crippen LogP) is 2.39. The molecule has 1 N–H and O–H groups in total. The standard InChI is InChI=1S/C9H10BrNO3S/c1-5-4-15-8(6(5)3-10)7(9(12)13)11-14-2/h4H,3H2,1-2H3,(H,12,13). The highest BCUT2D eigenvalue weighted by Crippen LogP contribution is 2.25. The van der Waals surface area contributed by atoms with Gasteiger partial charge in [-0.3, -0.25) is 0 Å². The van der Waals surface area contributed by atoms with Crippen molar-refractivity contribution in [1.29, 1.82) is 0 Å². The fraction of sp³-hybridized carbons (Fsp3) is 0.333. The molecule has 0 aromatic carbocycles. The van der Waals surface area contributed by atoms with E-state index in [-0.39, 0.29) is 5.71 Å². The first-order valence-electron chi connectivity index (χ1n) is 4.09. The van der Waals surface area contributed by atoms with Crippen molar-refractivity contribution < 1.29 is 14.7 Å². The zero-order valence-electron chi connectivity index (χ0n) is 8.28. The molecule has 1 heterocycles. The van der Waals surface area contributed by atoms with Gasteiger partial charge in [-0.2, -0.15) is 0 Å². The van der Waals surface area contributed by atoms with Gasteiger partial charge in [0.1, 0.15) is 7.11 Å². The van der Waals surface area contributed by atoms with Crippen molar-refractivity contribution in [3.63, 3.8) is 0 Å². The zero-order valence-corrected chi connectivity index (χ0v) is 10.7. The maximum Gasteiger partial charge on any atom is 0.359 e. The van der Waals surface area contributed by atoms with Crippen LogP contribution in [0.15, 0.2) is 10.5 Å². The van der Waals surface area contributed by atoms with E-state index in [4.69, 9.17) is 5.11 Å². The zero-order chi connectivity index (χ0) is 11.4. The highest BCUT2D eigenvalue weighted by Gasteiger charge is 2.20. The van der Waals surface area contributed by atoms with Crippen LogP contribution >= 0.6 is 27.3 Å². The number of aliphatic carboxylic acids is 1. The largest absolute Gasteiger partial charge is 0.476 e. The number of hydrogen-bond donors (Lipinski definition) is 1. The van der Waals surface area contributed by atoms with Crippen LogP contribution < -0.4 is 0 Å². The minimum Gasteiger partial charge on any atom is -0.476 e. The molecule has 0 spiro atoms. The van der Waals surface area contributed by atoms with Gasteiger partial charge in [0.05, 0.1) is 4.88 Å². The molecule has 82 valence electrons. The lowest BCUT2D eigenvalue weighted by Crippen LogP contribution is -2.15. The Bertz CT molecular complexity index is 400. The number of carbonyl (C=O) groups is 1. The Morgan fingerprint density at radius 1 is 1.73 bits per heavy atom. The van der Waals surface area contributed by atoms with Crippen LogP contribution in [0, 0.1) is 6.92 Å². The van der Waals surface area contributed by atoms with E-state index in [2.05, 4.69) is 25.9 Å². The second-order valence-electron chi connectivity index (χ2n) is 2.79. The Morgan fingerprint density at radius 3 is 2.87 bits per heavy atom. The molecular formula is C9H10BrNO3S. The smallest absolute Gasteiger partial charge is 0.359 e. The number of rotatable bonds is 4. The molecule has 0 bridgehead atoms. The third kappa shape index (κ3) is 2.57. The van der Waals surface area contributed by atoms with Gasteiger partial charge in [0.25, 0.3) is 0 Å². The molecule has 0 atom stereocenters. The number of nitrogens with zero attached hydrogens (tertiary/aromatic N) is 1. The van der Waals surface area contributed by atoms with Crippen molar-refractivity contribution in [3.05, 3.63) is 21.4 Å². The normalized spacial score (nSPS) is 11.5. The van der Waals surface area contributed by atoms with E-state index >= 15 is 0 Å². The van der Waals surface area contributed by atoms with Gasteiger partial charge in [-0.05, 0) is 23.4 Å². The maximum absolute atomic E-state index is 10.9. The fourth-order valence-electron chi connectivity index (χ4n) is 1.10. The topological polar surface area (TPSA) is 58.9 Å². The molecule has 0 aliphatic heterocycles. The van der Waals surface area contributed by atoms with Crippen molar-refractivity contribution in [3.8, 4) is 0 Å². The van der Waals surface area contributed by atoms with Crippen LogP contribution in [0.3, 0.4) is 0 Å². The van der Waals surface area contributed by atoms with Crippen LogP contribution in [0.5, 0.6) is 0 Å². The molecule has 4 nitrogen and oxygen atoms in total. The third-order valence-electron chi connectivity index (χ3n) is 1.84. The van der Waals surface area contributed by atoms with E-state index in [0.717, 1.165) is 11.1 Å². The first-order chi connectivity index (χ1) is 7.11. The minimum absolute atomic E-state index is 0.0509. The van der Waals surface area contributed by atoms with Gasteiger partial charge >= 0.3 is 5.97 Å². The van der Waals surface area contributed by atoms with Gasteiger partial charge in [0, 0.05) is 5.33 Å². The van der Waals surface area contributed by atoms with Gasteiger partial charge in [-0.15, -0.1) is 11.3 Å². The van der Waals surface area contributed by atoms with E-state index in [1.54, 1.807) is 0 Å². The lowest BCUT2D eigenvalue weighted by atomic mass is 10.1. The quantitative estimate of drug-likeness (QED) is 0.526. The summed E-state index contributed by atoms with van der Waals surface area (Å²) in [5.41, 5.74) is 1.94. The molecule has 0 unspecified atom stereocenters. The SMILES string of the molecule is CON=C(C(=O)O)c1scc(C)c1CBr. The number of carboxylic acids is 1. The van der Waals surface area contributed by atoms with E-state index in [0.29, 0.717) is 10.2 Å².